The van der Waals surface area contributed by atoms with Crippen LogP contribution in [0, 0.1) is 0 Å². The van der Waals surface area contributed by atoms with E-state index in [1.54, 1.807) is 11.0 Å². The van der Waals surface area contributed by atoms with Gasteiger partial charge in [-0.1, -0.05) is 0 Å². The third kappa shape index (κ3) is 3.64. The van der Waals surface area contributed by atoms with Crippen molar-refractivity contribution in [3.05, 3.63) is 30.1 Å². The summed E-state index contributed by atoms with van der Waals surface area (Å²) in [7, 11) is 3.85. The Labute approximate surface area is 135 Å². The molecular formula is C15H21N7O. The minimum Gasteiger partial charge on any atom is -0.349 e. The second kappa shape index (κ2) is 6.72. The lowest BCUT2D eigenvalue weighted by atomic mass is 9.92. The van der Waals surface area contributed by atoms with Crippen LogP contribution >= 0.6 is 0 Å². The predicted octanol–water partition coefficient (Wildman–Crippen LogP) is 0.718. The molecular weight excluding hydrogens is 294 g/mol. The van der Waals surface area contributed by atoms with Crippen molar-refractivity contribution in [2.75, 3.05) is 19.0 Å². The molecule has 23 heavy (non-hydrogen) atoms. The van der Waals surface area contributed by atoms with Crippen LogP contribution in [-0.4, -0.2) is 44.7 Å². The van der Waals surface area contributed by atoms with Gasteiger partial charge in [-0.3, -0.25) is 9.48 Å². The van der Waals surface area contributed by atoms with Crippen LogP contribution in [0.2, 0.25) is 0 Å². The molecule has 2 aromatic heterocycles. The van der Waals surface area contributed by atoms with Gasteiger partial charge in [0.2, 0.25) is 11.9 Å². The quantitative estimate of drug-likeness (QED) is 0.874. The fourth-order valence-corrected chi connectivity index (χ4v) is 2.73. The van der Waals surface area contributed by atoms with E-state index in [1.807, 2.05) is 25.2 Å². The van der Waals surface area contributed by atoms with Crippen LogP contribution in [0.4, 0.5) is 5.95 Å². The molecule has 1 amide bonds. The molecule has 1 atom stereocenters. The topological polar surface area (TPSA) is 88.8 Å². The maximum absolute atomic E-state index is 12.2. The molecule has 1 aliphatic carbocycles. The molecule has 0 bridgehead atoms. The molecule has 3 rings (SSSR count). The zero-order valence-electron chi connectivity index (χ0n) is 13.4. The highest BCUT2D eigenvalue weighted by Gasteiger charge is 2.24. The van der Waals surface area contributed by atoms with E-state index >= 15 is 0 Å². The molecule has 0 unspecified atom stereocenters. The molecule has 0 aromatic carbocycles. The Morgan fingerprint density at radius 2 is 2.35 bits per heavy atom. The predicted molar refractivity (Wildman–Crippen MR) is 84.8 cm³/mol. The molecule has 0 saturated heterocycles. The van der Waals surface area contributed by atoms with Crippen molar-refractivity contribution in [1.82, 2.24) is 30.0 Å². The molecule has 0 spiro atoms. The van der Waals surface area contributed by atoms with Gasteiger partial charge in [0.05, 0.1) is 18.3 Å². The van der Waals surface area contributed by atoms with Crippen molar-refractivity contribution in [1.29, 1.82) is 0 Å². The van der Waals surface area contributed by atoms with Gasteiger partial charge in [-0.25, -0.2) is 15.0 Å². The number of anilines is 1. The smallest absolute Gasteiger partial charge is 0.225 e. The number of hydrogen-bond donors (Lipinski definition) is 1. The molecule has 1 N–H and O–H groups in total. The number of amides is 1. The number of rotatable bonds is 5. The number of fused-ring (bicyclic) bond motifs is 1. The van der Waals surface area contributed by atoms with Crippen LogP contribution in [0.25, 0.3) is 0 Å². The minimum atomic E-state index is -0.00166. The van der Waals surface area contributed by atoms with Crippen LogP contribution < -0.4 is 10.2 Å². The van der Waals surface area contributed by atoms with Crippen molar-refractivity contribution in [3.8, 4) is 0 Å². The fourth-order valence-electron chi connectivity index (χ4n) is 2.73. The summed E-state index contributed by atoms with van der Waals surface area (Å²) >= 11 is 0. The highest BCUT2D eigenvalue weighted by molar-refractivity contribution is 5.76. The average molecular weight is 315 g/mol. The fraction of sp³-hybridized carbons (Fsp3) is 0.533. The summed E-state index contributed by atoms with van der Waals surface area (Å²) in [4.78, 5) is 26.9. The Morgan fingerprint density at radius 3 is 3.09 bits per heavy atom. The summed E-state index contributed by atoms with van der Waals surface area (Å²) in [6.45, 7) is 0.529. The molecule has 2 heterocycles. The third-order valence-electron chi connectivity index (χ3n) is 3.94. The first-order chi connectivity index (χ1) is 11.1. The first kappa shape index (κ1) is 15.4. The van der Waals surface area contributed by atoms with Crippen molar-refractivity contribution in [2.45, 2.75) is 38.3 Å². The molecule has 8 heteroatoms. The van der Waals surface area contributed by atoms with E-state index in [1.165, 1.54) is 6.33 Å². The van der Waals surface area contributed by atoms with Crippen molar-refractivity contribution in [2.24, 2.45) is 0 Å². The summed E-state index contributed by atoms with van der Waals surface area (Å²) in [5.41, 5.74) is 2.08. The summed E-state index contributed by atoms with van der Waals surface area (Å²) in [5, 5.41) is 7.09. The SMILES string of the molecule is CN(C)c1ncc2c(n1)CCC[C@H]2NC(=O)CCn1cncn1. The van der Waals surface area contributed by atoms with Crippen LogP contribution in [0.1, 0.15) is 36.6 Å². The normalized spacial score (nSPS) is 16.7. The van der Waals surface area contributed by atoms with Crippen LogP contribution in [-0.2, 0) is 17.8 Å². The van der Waals surface area contributed by atoms with Crippen molar-refractivity contribution >= 4 is 11.9 Å². The Balaban J connectivity index is 1.64. The lowest BCUT2D eigenvalue weighted by Crippen LogP contribution is -2.32. The van der Waals surface area contributed by atoms with E-state index in [0.29, 0.717) is 18.9 Å². The minimum absolute atomic E-state index is 0.00166. The van der Waals surface area contributed by atoms with Gasteiger partial charge in [0, 0.05) is 32.3 Å². The maximum atomic E-state index is 12.2. The molecule has 0 radical (unpaired) electrons. The molecule has 2 aromatic rings. The van der Waals surface area contributed by atoms with Gasteiger partial charge < -0.3 is 10.2 Å². The van der Waals surface area contributed by atoms with Crippen molar-refractivity contribution in [3.63, 3.8) is 0 Å². The monoisotopic (exact) mass is 315 g/mol. The lowest BCUT2D eigenvalue weighted by molar-refractivity contribution is -0.122. The van der Waals surface area contributed by atoms with Gasteiger partial charge in [-0.05, 0) is 19.3 Å². The molecule has 0 fully saturated rings. The summed E-state index contributed by atoms with van der Waals surface area (Å²) in [6, 6.07) is -0.00166. The maximum Gasteiger partial charge on any atom is 0.225 e. The highest BCUT2D eigenvalue weighted by Crippen LogP contribution is 2.28. The van der Waals surface area contributed by atoms with Crippen LogP contribution in [0.3, 0.4) is 0 Å². The molecule has 1 aliphatic rings. The number of nitrogens with zero attached hydrogens (tertiary/aromatic N) is 6. The summed E-state index contributed by atoms with van der Waals surface area (Å²) in [5.74, 6) is 0.719. The number of nitrogens with one attached hydrogen (secondary N) is 1. The molecule has 122 valence electrons. The van der Waals surface area contributed by atoms with Gasteiger partial charge in [-0.15, -0.1) is 0 Å². The van der Waals surface area contributed by atoms with Crippen LogP contribution in [0.15, 0.2) is 18.9 Å². The van der Waals surface area contributed by atoms with Gasteiger partial charge in [0.1, 0.15) is 12.7 Å². The number of carbonyl (C=O) groups is 1. The number of hydrogen-bond acceptors (Lipinski definition) is 6. The van der Waals surface area contributed by atoms with E-state index in [-0.39, 0.29) is 11.9 Å². The Morgan fingerprint density at radius 1 is 1.48 bits per heavy atom. The second-order valence-corrected chi connectivity index (χ2v) is 5.89. The van der Waals surface area contributed by atoms with Gasteiger partial charge >= 0.3 is 0 Å². The second-order valence-electron chi connectivity index (χ2n) is 5.89. The number of aryl methyl sites for hydroxylation is 2. The van der Waals surface area contributed by atoms with Gasteiger partial charge in [0.15, 0.2) is 0 Å². The molecule has 8 nitrogen and oxygen atoms in total. The Hall–Kier alpha value is -2.51. The van der Waals surface area contributed by atoms with E-state index < -0.39 is 0 Å². The standard InChI is InChI=1S/C15H21N7O/c1-21(2)15-17-8-11-12(4-3-5-13(11)20-15)19-14(23)6-7-22-10-16-9-18-22/h8-10,12H,3-7H2,1-2H3,(H,19,23)/t12-/m1/s1. The number of carbonyl (C=O) groups excluding carboxylic acids is 1. The first-order valence-corrected chi connectivity index (χ1v) is 7.78. The molecule has 0 saturated carbocycles. The van der Waals surface area contributed by atoms with E-state index in [4.69, 9.17) is 0 Å². The summed E-state index contributed by atoms with van der Waals surface area (Å²) in [6.07, 6.45) is 8.18. The summed E-state index contributed by atoms with van der Waals surface area (Å²) < 4.78 is 1.65. The average Bonchev–Trinajstić information content (AvgIpc) is 3.06. The van der Waals surface area contributed by atoms with E-state index in [0.717, 1.165) is 30.5 Å². The first-order valence-electron chi connectivity index (χ1n) is 7.78. The zero-order chi connectivity index (χ0) is 16.2. The van der Waals surface area contributed by atoms with Crippen molar-refractivity contribution < 1.29 is 4.79 Å². The van der Waals surface area contributed by atoms with E-state index in [2.05, 4.69) is 25.4 Å². The molecule has 0 aliphatic heterocycles. The van der Waals surface area contributed by atoms with Gasteiger partial charge in [-0.2, -0.15) is 5.10 Å². The van der Waals surface area contributed by atoms with Crippen LogP contribution in [0.5, 0.6) is 0 Å². The van der Waals surface area contributed by atoms with Gasteiger partial charge in [0.25, 0.3) is 0 Å². The third-order valence-corrected chi connectivity index (χ3v) is 3.94. The van der Waals surface area contributed by atoms with E-state index in [9.17, 15) is 4.79 Å². The Bertz CT molecular complexity index is 668. The number of aromatic nitrogens is 5. The largest absolute Gasteiger partial charge is 0.349 e. The Kier molecular flexibility index (Phi) is 4.50. The zero-order valence-corrected chi connectivity index (χ0v) is 13.4. The highest BCUT2D eigenvalue weighted by atomic mass is 16.1. The lowest BCUT2D eigenvalue weighted by Gasteiger charge is -2.26.